The van der Waals surface area contributed by atoms with Crippen LogP contribution in [-0.2, 0) is 6.54 Å². The highest BCUT2D eigenvalue weighted by atomic mass is 35.5. The fourth-order valence-electron chi connectivity index (χ4n) is 3.25. The third kappa shape index (κ3) is 2.70. The average Bonchev–Trinajstić information content (AvgIpc) is 3.13. The van der Waals surface area contributed by atoms with E-state index in [2.05, 4.69) is 0 Å². The second kappa shape index (κ2) is 6.45. The predicted molar refractivity (Wildman–Crippen MR) is 104 cm³/mol. The van der Waals surface area contributed by atoms with E-state index in [4.69, 9.17) is 28.2 Å². The first-order chi connectivity index (χ1) is 12.5. The van der Waals surface area contributed by atoms with Crippen molar-refractivity contribution < 1.29 is 4.79 Å². The molecule has 0 fully saturated rings. The number of rotatable bonds is 3. The topological polar surface area (TPSA) is 38.1 Å². The van der Waals surface area contributed by atoms with E-state index in [1.807, 2.05) is 59.7 Å². The number of carbonyl (C=O) groups excluding carboxylic acids is 1. The van der Waals surface area contributed by atoms with Gasteiger partial charge >= 0.3 is 0 Å². The van der Waals surface area contributed by atoms with Crippen LogP contribution in [0.4, 0.5) is 0 Å². The highest BCUT2D eigenvalue weighted by Gasteiger charge is 2.36. The van der Waals surface area contributed by atoms with Gasteiger partial charge in [-0.3, -0.25) is 9.36 Å². The Hall–Kier alpha value is -2.30. The second-order valence-corrected chi connectivity index (χ2v) is 7.39. The Kier molecular flexibility index (Phi) is 4.25. The van der Waals surface area contributed by atoms with E-state index >= 15 is 0 Å². The van der Waals surface area contributed by atoms with Crippen molar-refractivity contribution in [3.05, 3.63) is 70.0 Å². The lowest BCUT2D eigenvalue weighted by Gasteiger charge is -2.21. The highest BCUT2D eigenvalue weighted by Crippen LogP contribution is 2.35. The Morgan fingerprint density at radius 2 is 1.73 bits per heavy atom. The van der Waals surface area contributed by atoms with Crippen LogP contribution in [0.15, 0.2) is 48.5 Å². The van der Waals surface area contributed by atoms with Gasteiger partial charge in [0.15, 0.2) is 0 Å². The quantitative estimate of drug-likeness (QED) is 0.620. The fraction of sp³-hybridized carbons (Fsp3) is 0.200. The zero-order chi connectivity index (χ0) is 18.4. The molecule has 0 atom stereocenters. The molecule has 0 spiro atoms. The molecule has 2 aromatic carbocycles. The van der Waals surface area contributed by atoms with Crippen LogP contribution in [0.3, 0.4) is 0 Å². The molecule has 0 saturated heterocycles. The summed E-state index contributed by atoms with van der Waals surface area (Å²) in [7, 11) is 0. The summed E-state index contributed by atoms with van der Waals surface area (Å²) in [6, 6.07) is 15.0. The number of benzene rings is 2. The highest BCUT2D eigenvalue weighted by molar-refractivity contribution is 6.33. The van der Waals surface area contributed by atoms with Crippen LogP contribution in [0.1, 0.15) is 30.0 Å². The van der Waals surface area contributed by atoms with E-state index in [-0.39, 0.29) is 11.9 Å². The zero-order valence-corrected chi connectivity index (χ0v) is 15.9. The molecular weight excluding hydrogens is 369 g/mol. The number of hydrogen-bond acceptors (Lipinski definition) is 2. The van der Waals surface area contributed by atoms with Gasteiger partial charge in [-0.05, 0) is 50.2 Å². The number of imidazole rings is 1. The van der Waals surface area contributed by atoms with Gasteiger partial charge in [0, 0.05) is 22.3 Å². The van der Waals surface area contributed by atoms with Crippen molar-refractivity contribution in [1.29, 1.82) is 0 Å². The van der Waals surface area contributed by atoms with Crippen LogP contribution >= 0.6 is 23.2 Å². The molecule has 1 aromatic heterocycles. The van der Waals surface area contributed by atoms with E-state index in [1.54, 1.807) is 12.1 Å². The van der Waals surface area contributed by atoms with Crippen LogP contribution in [0, 0.1) is 0 Å². The van der Waals surface area contributed by atoms with Gasteiger partial charge in [0.25, 0.3) is 5.91 Å². The smallest absolute Gasteiger partial charge is 0.273 e. The molecule has 1 aliphatic rings. The molecule has 132 valence electrons. The summed E-state index contributed by atoms with van der Waals surface area (Å²) < 4.78 is 1.89. The molecule has 0 unspecified atom stereocenters. The maximum atomic E-state index is 13.0. The largest absolute Gasteiger partial charge is 0.329 e. The summed E-state index contributed by atoms with van der Waals surface area (Å²) in [5.74, 6) is 0.649. The minimum atomic E-state index is -0.0178. The third-order valence-electron chi connectivity index (χ3n) is 4.56. The van der Waals surface area contributed by atoms with Gasteiger partial charge in [0.2, 0.25) is 0 Å². The van der Waals surface area contributed by atoms with Crippen LogP contribution < -0.4 is 0 Å². The lowest BCUT2D eigenvalue weighted by Crippen LogP contribution is -2.32. The van der Waals surface area contributed by atoms with Gasteiger partial charge in [-0.15, -0.1) is 0 Å². The first kappa shape index (κ1) is 17.1. The van der Waals surface area contributed by atoms with Gasteiger partial charge in [-0.25, -0.2) is 4.98 Å². The molecule has 0 bridgehead atoms. The molecule has 1 aliphatic heterocycles. The lowest BCUT2D eigenvalue weighted by molar-refractivity contribution is 0.0722. The van der Waals surface area contributed by atoms with Gasteiger partial charge in [0.05, 0.1) is 17.3 Å². The number of aromatic nitrogens is 2. The Morgan fingerprint density at radius 3 is 2.38 bits per heavy atom. The molecule has 1 amide bonds. The molecule has 0 radical (unpaired) electrons. The van der Waals surface area contributed by atoms with E-state index in [9.17, 15) is 4.79 Å². The molecule has 26 heavy (non-hydrogen) atoms. The monoisotopic (exact) mass is 385 g/mol. The van der Waals surface area contributed by atoms with Gasteiger partial charge in [-0.1, -0.05) is 35.3 Å². The number of hydrogen-bond donors (Lipinski definition) is 0. The van der Waals surface area contributed by atoms with Gasteiger partial charge in [-0.2, -0.15) is 0 Å². The van der Waals surface area contributed by atoms with Crippen molar-refractivity contribution in [2.75, 3.05) is 0 Å². The van der Waals surface area contributed by atoms with E-state index in [1.165, 1.54) is 0 Å². The fourth-order valence-corrected chi connectivity index (χ4v) is 3.59. The Labute approximate surface area is 162 Å². The van der Waals surface area contributed by atoms with Gasteiger partial charge < -0.3 is 4.90 Å². The molecule has 4 nitrogen and oxygen atoms in total. The van der Waals surface area contributed by atoms with E-state index in [0.717, 1.165) is 16.9 Å². The molecule has 4 rings (SSSR count). The van der Waals surface area contributed by atoms with Crippen molar-refractivity contribution >= 4 is 29.1 Å². The number of fused-ring (bicyclic) bond motifs is 1. The van der Waals surface area contributed by atoms with Crippen molar-refractivity contribution in [2.24, 2.45) is 0 Å². The summed E-state index contributed by atoms with van der Waals surface area (Å²) in [5.41, 5.74) is 2.99. The number of halogens is 2. The second-order valence-electron chi connectivity index (χ2n) is 6.55. The van der Waals surface area contributed by atoms with Crippen LogP contribution in [-0.4, -0.2) is 26.4 Å². The minimum Gasteiger partial charge on any atom is -0.329 e. The summed E-state index contributed by atoms with van der Waals surface area (Å²) >= 11 is 12.5. The van der Waals surface area contributed by atoms with Gasteiger partial charge in [0.1, 0.15) is 11.5 Å². The molecule has 3 aromatic rings. The molecular formula is C20H17Cl2N3O. The Bertz CT molecular complexity index is 993. The van der Waals surface area contributed by atoms with Crippen LogP contribution in [0.5, 0.6) is 0 Å². The lowest BCUT2D eigenvalue weighted by atomic mass is 10.2. The average molecular weight is 386 g/mol. The standard InChI is InChI=1S/C20H17Cl2N3O/c1-12(2)24-11-17-18(20(24)26)25(14-9-7-13(21)8-10-14)19(23-17)15-5-3-4-6-16(15)22/h3-10,12H,11H2,1-2H3. The molecule has 0 N–H and O–H groups in total. The van der Waals surface area contributed by atoms with E-state index in [0.29, 0.717) is 28.1 Å². The molecule has 0 aliphatic carbocycles. The Balaban J connectivity index is 1.97. The Morgan fingerprint density at radius 1 is 1.04 bits per heavy atom. The number of carbonyl (C=O) groups is 1. The van der Waals surface area contributed by atoms with Crippen molar-refractivity contribution in [2.45, 2.75) is 26.4 Å². The maximum Gasteiger partial charge on any atom is 0.273 e. The summed E-state index contributed by atoms with van der Waals surface area (Å²) in [5, 5.41) is 1.24. The van der Waals surface area contributed by atoms with E-state index < -0.39 is 0 Å². The third-order valence-corrected chi connectivity index (χ3v) is 5.14. The SMILES string of the molecule is CC(C)N1Cc2nc(-c3ccccc3Cl)n(-c3ccc(Cl)cc3)c2C1=O. The normalized spacial score (nSPS) is 13.6. The maximum absolute atomic E-state index is 13.0. The molecule has 2 heterocycles. The summed E-state index contributed by atoms with van der Waals surface area (Å²) in [6.07, 6.45) is 0. The number of nitrogens with zero attached hydrogens (tertiary/aromatic N) is 3. The summed E-state index contributed by atoms with van der Waals surface area (Å²) in [4.78, 5) is 19.6. The van der Waals surface area contributed by atoms with Crippen molar-refractivity contribution in [1.82, 2.24) is 14.5 Å². The molecule has 6 heteroatoms. The van der Waals surface area contributed by atoms with Crippen molar-refractivity contribution in [3.63, 3.8) is 0 Å². The van der Waals surface area contributed by atoms with Crippen LogP contribution in [0.2, 0.25) is 10.0 Å². The summed E-state index contributed by atoms with van der Waals surface area (Å²) in [6.45, 7) is 4.51. The van der Waals surface area contributed by atoms with Crippen molar-refractivity contribution in [3.8, 4) is 17.1 Å². The predicted octanol–water partition coefficient (Wildman–Crippen LogP) is 5.21. The minimum absolute atomic E-state index is 0.0178. The first-order valence-electron chi connectivity index (χ1n) is 8.41. The zero-order valence-electron chi connectivity index (χ0n) is 14.4. The number of amides is 1. The van der Waals surface area contributed by atoms with Crippen LogP contribution in [0.25, 0.3) is 17.1 Å². The first-order valence-corrected chi connectivity index (χ1v) is 9.16. The molecule has 0 saturated carbocycles.